The Morgan fingerprint density at radius 2 is 1.53 bits per heavy atom. The van der Waals surface area contributed by atoms with Crippen molar-refractivity contribution in [2.24, 2.45) is 11.8 Å². The van der Waals surface area contributed by atoms with Gasteiger partial charge in [-0.25, -0.2) is 0 Å². The van der Waals surface area contributed by atoms with Gasteiger partial charge in [0, 0.05) is 29.2 Å². The van der Waals surface area contributed by atoms with Crippen LogP contribution in [-0.4, -0.2) is 4.98 Å². The van der Waals surface area contributed by atoms with Gasteiger partial charge in [-0.3, -0.25) is 4.98 Å². The van der Waals surface area contributed by atoms with Crippen LogP contribution in [0.25, 0.3) is 38.7 Å². The molecule has 268 valence electrons. The predicted molar refractivity (Wildman–Crippen MR) is 236 cm³/mol. The number of hydrogen-bond acceptors (Lipinski definition) is 1. The maximum atomic E-state index is 4.94. The van der Waals surface area contributed by atoms with Gasteiger partial charge in [0.2, 0.25) is 0 Å². The van der Waals surface area contributed by atoms with Gasteiger partial charge >= 0.3 is 0 Å². The van der Waals surface area contributed by atoms with E-state index in [4.69, 9.17) is 11.6 Å². The van der Waals surface area contributed by atoms with Gasteiger partial charge in [0.25, 0.3) is 0 Å². The summed E-state index contributed by atoms with van der Waals surface area (Å²) in [4.78, 5) is 4.94. The summed E-state index contributed by atoms with van der Waals surface area (Å²) in [6, 6.07) is 28.3. The molecule has 1 heteroatoms. The smallest absolute Gasteiger partial charge is 0.0708 e. The Hall–Kier alpha value is -6.31. The Labute approximate surface area is 327 Å². The number of hydrogen-bond donors (Lipinski definition) is 0. The first kappa shape index (κ1) is 35.7. The molecule has 0 saturated carbocycles. The van der Waals surface area contributed by atoms with Gasteiger partial charge in [-0.1, -0.05) is 189 Å². The van der Waals surface area contributed by atoms with Gasteiger partial charge in [-0.05, 0) is 99.6 Å². The Morgan fingerprint density at radius 3 is 2.29 bits per heavy atom. The van der Waals surface area contributed by atoms with Crippen LogP contribution in [0, 0.1) is 11.8 Å². The van der Waals surface area contributed by atoms with Crippen LogP contribution < -0.4 is 0 Å². The highest BCUT2D eigenvalue weighted by molar-refractivity contribution is 5.96. The second kappa shape index (κ2) is 16.4. The van der Waals surface area contributed by atoms with Crippen molar-refractivity contribution in [3.05, 3.63) is 240 Å². The van der Waals surface area contributed by atoms with Crippen molar-refractivity contribution in [3.63, 3.8) is 0 Å². The molecule has 0 radical (unpaired) electrons. The monoisotopic (exact) mass is 709 g/mol. The summed E-state index contributed by atoms with van der Waals surface area (Å²) < 4.78 is 0. The van der Waals surface area contributed by atoms with Gasteiger partial charge in [-0.2, -0.15) is 0 Å². The number of nitrogens with zero attached hydrogens (tertiary/aromatic N) is 1. The van der Waals surface area contributed by atoms with Crippen LogP contribution in [0.15, 0.2) is 234 Å². The molecule has 55 heavy (non-hydrogen) atoms. The quantitative estimate of drug-likeness (QED) is 0.158. The van der Waals surface area contributed by atoms with Gasteiger partial charge in [-0.15, -0.1) is 0 Å². The highest BCUT2D eigenvalue weighted by atomic mass is 14.7. The van der Waals surface area contributed by atoms with Crippen LogP contribution in [0.2, 0.25) is 0 Å². The van der Waals surface area contributed by atoms with E-state index in [0.717, 1.165) is 53.6 Å². The molecule has 1 heterocycles. The minimum absolute atomic E-state index is 0.0801. The third-order valence-corrected chi connectivity index (χ3v) is 11.3. The van der Waals surface area contributed by atoms with Gasteiger partial charge < -0.3 is 0 Å². The van der Waals surface area contributed by atoms with Crippen LogP contribution in [0.3, 0.4) is 0 Å². The van der Waals surface area contributed by atoms with Crippen molar-refractivity contribution in [3.8, 4) is 22.4 Å². The number of aromatic nitrogens is 1. The number of allylic oxidation sites excluding steroid dienone is 24. The Bertz CT molecular complexity index is 2480. The second-order valence-corrected chi connectivity index (χ2v) is 14.8. The summed E-state index contributed by atoms with van der Waals surface area (Å²) in [6.07, 6.45) is 41.5. The van der Waals surface area contributed by atoms with Crippen molar-refractivity contribution in [1.82, 2.24) is 4.98 Å². The topological polar surface area (TPSA) is 12.9 Å². The summed E-state index contributed by atoms with van der Waals surface area (Å²) in [5.41, 5.74) is 16.2. The van der Waals surface area contributed by atoms with Crippen LogP contribution in [0.4, 0.5) is 0 Å². The zero-order chi connectivity index (χ0) is 37.6. The van der Waals surface area contributed by atoms with Crippen molar-refractivity contribution in [2.75, 3.05) is 0 Å². The van der Waals surface area contributed by atoms with Crippen LogP contribution in [0.1, 0.15) is 38.2 Å². The van der Waals surface area contributed by atoms with Gasteiger partial charge in [0.05, 0.1) is 5.69 Å². The highest BCUT2D eigenvalue weighted by Gasteiger charge is 2.30. The first-order valence-electron chi connectivity index (χ1n) is 19.5. The molecule has 4 aromatic rings. The van der Waals surface area contributed by atoms with Crippen molar-refractivity contribution < 1.29 is 0 Å². The van der Waals surface area contributed by atoms with Crippen molar-refractivity contribution in [2.45, 2.75) is 32.6 Å². The molecular formula is C54H47N. The average Bonchev–Trinajstić information content (AvgIpc) is 3.25. The largest absolute Gasteiger partial charge is 0.256 e. The molecule has 2 unspecified atom stereocenters. The average molecular weight is 710 g/mol. The lowest BCUT2D eigenvalue weighted by Crippen LogP contribution is -2.19. The maximum absolute atomic E-state index is 4.94. The second-order valence-electron chi connectivity index (χ2n) is 14.8. The van der Waals surface area contributed by atoms with Crippen LogP contribution in [0.5, 0.6) is 0 Å². The molecule has 0 spiro atoms. The Kier molecular flexibility index (Phi) is 10.6. The van der Waals surface area contributed by atoms with Gasteiger partial charge in [0.15, 0.2) is 0 Å². The van der Waals surface area contributed by atoms with E-state index in [1.54, 1.807) is 0 Å². The first-order chi connectivity index (χ1) is 27.1. The normalized spacial score (nSPS) is 21.0. The van der Waals surface area contributed by atoms with Crippen LogP contribution >= 0.6 is 0 Å². The molecule has 0 N–H and O–H groups in total. The fourth-order valence-electron chi connectivity index (χ4n) is 8.32. The lowest BCUT2D eigenvalue weighted by atomic mass is 9.72. The molecule has 8 rings (SSSR count). The SMILES string of the molecule is C=C/C=C\C(C(=C)C1C=CC=CC1/C(=C1/C=CC=CC1)c1ccc(-c2ccc(-c3cccc4ccccc34)nc2)cc1)=C1\C=CC=C(C2=CC=C(C)CC2)C1. The van der Waals surface area contributed by atoms with E-state index >= 15 is 0 Å². The standard InChI is InChI=1S/C54H47N/c1-4-5-21-48(46-20-13-19-45(36-46)40-28-26-38(2)27-29-40)39(3)49-22-11-12-24-52(49)54(43-16-7-6-8-17-43)44-32-30-41(31-33-44)47-34-35-53(55-37-47)51-25-14-18-42-15-9-10-23-50(42)51/h4-16,18-26,28,30-35,37,49,52H,1,3,17,27,29,36H2,2H3/b21-5-,48-46+,54-43-. The molecule has 0 aliphatic heterocycles. The third kappa shape index (κ3) is 7.70. The molecule has 1 nitrogen and oxygen atoms in total. The number of benzene rings is 3. The first-order valence-corrected chi connectivity index (χ1v) is 19.5. The summed E-state index contributed by atoms with van der Waals surface area (Å²) in [5.74, 6) is 0.192. The van der Waals surface area contributed by atoms with E-state index in [1.165, 1.54) is 55.3 Å². The van der Waals surface area contributed by atoms with Crippen LogP contribution in [-0.2, 0) is 0 Å². The summed E-state index contributed by atoms with van der Waals surface area (Å²) in [6.45, 7) is 11.1. The summed E-state index contributed by atoms with van der Waals surface area (Å²) >= 11 is 0. The third-order valence-electron chi connectivity index (χ3n) is 11.3. The van der Waals surface area contributed by atoms with E-state index < -0.39 is 0 Å². The number of fused-ring (bicyclic) bond motifs is 1. The molecule has 3 aromatic carbocycles. The zero-order valence-corrected chi connectivity index (χ0v) is 31.7. The molecule has 1 aromatic heterocycles. The molecular weight excluding hydrogens is 663 g/mol. The molecule has 4 aliphatic carbocycles. The molecule has 2 atom stereocenters. The molecule has 0 fully saturated rings. The molecule has 0 saturated heterocycles. The number of rotatable bonds is 9. The molecule has 0 amide bonds. The Balaban J connectivity index is 1.11. The number of pyridine rings is 1. The maximum Gasteiger partial charge on any atom is 0.0708 e. The van der Waals surface area contributed by atoms with E-state index in [9.17, 15) is 0 Å². The van der Waals surface area contributed by atoms with E-state index in [0.29, 0.717) is 0 Å². The summed E-state index contributed by atoms with van der Waals surface area (Å²) in [5, 5.41) is 2.44. The lowest BCUT2D eigenvalue weighted by molar-refractivity contribution is 0.653. The minimum atomic E-state index is 0.0801. The predicted octanol–water partition coefficient (Wildman–Crippen LogP) is 14.3. The highest BCUT2D eigenvalue weighted by Crippen LogP contribution is 2.44. The molecule has 4 aliphatic rings. The fraction of sp³-hybridized carbons (Fsp3) is 0.130. The minimum Gasteiger partial charge on any atom is -0.256 e. The Morgan fingerprint density at radius 1 is 0.727 bits per heavy atom. The van der Waals surface area contributed by atoms with Crippen molar-refractivity contribution >= 4 is 16.3 Å². The van der Waals surface area contributed by atoms with Crippen molar-refractivity contribution in [1.29, 1.82) is 0 Å². The zero-order valence-electron chi connectivity index (χ0n) is 31.7. The van der Waals surface area contributed by atoms with Gasteiger partial charge in [0.1, 0.15) is 0 Å². The molecule has 0 bridgehead atoms. The van der Waals surface area contributed by atoms with E-state index in [1.807, 2.05) is 12.3 Å². The fourth-order valence-corrected chi connectivity index (χ4v) is 8.32. The summed E-state index contributed by atoms with van der Waals surface area (Å²) in [7, 11) is 0. The van der Waals surface area contributed by atoms with E-state index in [2.05, 4.69) is 184 Å². The van der Waals surface area contributed by atoms with E-state index in [-0.39, 0.29) is 11.8 Å². The lowest BCUT2D eigenvalue weighted by Gasteiger charge is -2.32.